The highest BCUT2D eigenvalue weighted by Crippen LogP contribution is 2.21. The highest BCUT2D eigenvalue weighted by Gasteiger charge is 2.16. The molecule has 0 spiro atoms. The minimum atomic E-state index is -0.433. The number of ether oxygens (including phenoxy) is 1. The Morgan fingerprint density at radius 1 is 1.50 bits per heavy atom. The highest BCUT2D eigenvalue weighted by molar-refractivity contribution is 5.97. The van der Waals surface area contributed by atoms with Gasteiger partial charge in [-0.25, -0.2) is 0 Å². The van der Waals surface area contributed by atoms with Gasteiger partial charge in [0.2, 0.25) is 0 Å². The molecule has 1 aromatic rings. The van der Waals surface area contributed by atoms with E-state index in [0.717, 1.165) is 6.54 Å². The molecule has 0 radical (unpaired) electrons. The van der Waals surface area contributed by atoms with Crippen molar-refractivity contribution in [2.24, 2.45) is 0 Å². The molecule has 1 saturated heterocycles. The molecule has 1 aliphatic heterocycles. The van der Waals surface area contributed by atoms with Gasteiger partial charge in [0.05, 0.1) is 18.3 Å². The number of aromatic hydroxyl groups is 2. The minimum absolute atomic E-state index is 0.0544. The fraction of sp³-hybridized carbons (Fsp3) is 0.417. The Labute approximate surface area is 105 Å². The van der Waals surface area contributed by atoms with Crippen LogP contribution < -0.4 is 10.6 Å². The number of phenols is 2. The number of rotatable bonds is 3. The summed E-state index contributed by atoms with van der Waals surface area (Å²) in [5.41, 5.74) is 0.0544. The second kappa shape index (κ2) is 5.70. The lowest BCUT2D eigenvalue weighted by Crippen LogP contribution is -2.45. The standard InChI is InChI=1S/C12H16N2O4/c15-8-1-2-11(16)10(5-8)12(17)14-7-9-6-13-3-4-18-9/h1-2,5,9,13,15-16H,3-4,6-7H2,(H,14,17). The Hall–Kier alpha value is -1.79. The SMILES string of the molecule is O=C(NCC1CNCCO1)c1cc(O)ccc1O. The zero-order valence-corrected chi connectivity index (χ0v) is 9.85. The van der Waals surface area contributed by atoms with Gasteiger partial charge in [0.1, 0.15) is 11.5 Å². The van der Waals surface area contributed by atoms with Gasteiger partial charge in [0.15, 0.2) is 0 Å². The van der Waals surface area contributed by atoms with Crippen molar-refractivity contribution in [2.75, 3.05) is 26.2 Å². The van der Waals surface area contributed by atoms with Crippen LogP contribution >= 0.6 is 0 Å². The van der Waals surface area contributed by atoms with Gasteiger partial charge >= 0.3 is 0 Å². The monoisotopic (exact) mass is 252 g/mol. The van der Waals surface area contributed by atoms with Crippen LogP contribution in [0.5, 0.6) is 11.5 Å². The van der Waals surface area contributed by atoms with Crippen molar-refractivity contribution >= 4 is 5.91 Å². The van der Waals surface area contributed by atoms with Gasteiger partial charge in [-0.1, -0.05) is 0 Å². The lowest BCUT2D eigenvalue weighted by Gasteiger charge is -2.23. The molecular formula is C12H16N2O4. The first-order valence-electron chi connectivity index (χ1n) is 5.79. The number of carbonyl (C=O) groups excluding carboxylic acids is 1. The van der Waals surface area contributed by atoms with Crippen LogP contribution in [0.3, 0.4) is 0 Å². The van der Waals surface area contributed by atoms with E-state index in [1.54, 1.807) is 0 Å². The van der Waals surface area contributed by atoms with Gasteiger partial charge in [-0.2, -0.15) is 0 Å². The second-order valence-corrected chi connectivity index (χ2v) is 4.11. The predicted octanol–water partition coefficient (Wildman–Crippen LogP) is -0.184. The number of phenolic OH excluding ortho intramolecular Hbond substituents is 2. The van der Waals surface area contributed by atoms with Crippen LogP contribution in [0.2, 0.25) is 0 Å². The number of carbonyl (C=O) groups is 1. The topological polar surface area (TPSA) is 90.8 Å². The molecule has 0 bridgehead atoms. The Morgan fingerprint density at radius 2 is 2.33 bits per heavy atom. The molecule has 1 heterocycles. The summed E-state index contributed by atoms with van der Waals surface area (Å²) < 4.78 is 5.43. The smallest absolute Gasteiger partial charge is 0.255 e. The zero-order valence-electron chi connectivity index (χ0n) is 9.85. The molecule has 1 aromatic carbocycles. The van der Waals surface area contributed by atoms with E-state index < -0.39 is 5.91 Å². The molecule has 6 nitrogen and oxygen atoms in total. The number of nitrogens with one attached hydrogen (secondary N) is 2. The third-order valence-electron chi connectivity index (χ3n) is 2.72. The fourth-order valence-corrected chi connectivity index (χ4v) is 1.76. The molecule has 1 unspecified atom stereocenters. The van der Waals surface area contributed by atoms with Crippen molar-refractivity contribution < 1.29 is 19.7 Å². The minimum Gasteiger partial charge on any atom is -0.508 e. The van der Waals surface area contributed by atoms with Gasteiger partial charge in [-0.15, -0.1) is 0 Å². The van der Waals surface area contributed by atoms with Crippen molar-refractivity contribution in [3.63, 3.8) is 0 Å². The summed E-state index contributed by atoms with van der Waals surface area (Å²) in [7, 11) is 0. The van der Waals surface area contributed by atoms with E-state index in [0.29, 0.717) is 19.7 Å². The third kappa shape index (κ3) is 3.12. The maximum absolute atomic E-state index is 11.8. The third-order valence-corrected chi connectivity index (χ3v) is 2.72. The lowest BCUT2D eigenvalue weighted by atomic mass is 10.1. The van der Waals surface area contributed by atoms with Crippen LogP contribution in [-0.4, -0.2) is 48.5 Å². The van der Waals surface area contributed by atoms with Crippen LogP contribution in [-0.2, 0) is 4.74 Å². The van der Waals surface area contributed by atoms with E-state index in [2.05, 4.69) is 10.6 Å². The maximum atomic E-state index is 11.8. The van der Waals surface area contributed by atoms with E-state index in [1.165, 1.54) is 18.2 Å². The van der Waals surface area contributed by atoms with Crippen molar-refractivity contribution in [3.8, 4) is 11.5 Å². The molecule has 1 amide bonds. The summed E-state index contributed by atoms with van der Waals surface area (Å²) in [4.78, 5) is 11.8. The Morgan fingerprint density at radius 3 is 3.06 bits per heavy atom. The lowest BCUT2D eigenvalue weighted by molar-refractivity contribution is 0.0287. The molecular weight excluding hydrogens is 236 g/mol. The van der Waals surface area contributed by atoms with Gasteiger partial charge in [-0.05, 0) is 18.2 Å². The number of amides is 1. The largest absolute Gasteiger partial charge is 0.508 e. The highest BCUT2D eigenvalue weighted by atomic mass is 16.5. The Kier molecular flexibility index (Phi) is 4.01. The number of hydrogen-bond donors (Lipinski definition) is 4. The van der Waals surface area contributed by atoms with E-state index in [4.69, 9.17) is 4.74 Å². The van der Waals surface area contributed by atoms with Crippen LogP contribution in [0, 0.1) is 0 Å². The number of benzene rings is 1. The van der Waals surface area contributed by atoms with Crippen LogP contribution in [0.4, 0.5) is 0 Å². The zero-order chi connectivity index (χ0) is 13.0. The van der Waals surface area contributed by atoms with Crippen molar-refractivity contribution in [1.82, 2.24) is 10.6 Å². The van der Waals surface area contributed by atoms with E-state index in [1.807, 2.05) is 0 Å². The van der Waals surface area contributed by atoms with Crippen molar-refractivity contribution in [2.45, 2.75) is 6.10 Å². The molecule has 2 rings (SSSR count). The normalized spacial score (nSPS) is 19.4. The Balaban J connectivity index is 1.92. The van der Waals surface area contributed by atoms with Crippen molar-refractivity contribution in [3.05, 3.63) is 23.8 Å². The van der Waals surface area contributed by atoms with Crippen molar-refractivity contribution in [1.29, 1.82) is 0 Å². The molecule has 0 aliphatic carbocycles. The molecule has 98 valence electrons. The summed E-state index contributed by atoms with van der Waals surface area (Å²) >= 11 is 0. The molecule has 1 fully saturated rings. The maximum Gasteiger partial charge on any atom is 0.255 e. The average Bonchev–Trinajstić information content (AvgIpc) is 2.40. The summed E-state index contributed by atoms with van der Waals surface area (Å²) in [6, 6.07) is 3.83. The number of morpholine rings is 1. The fourth-order valence-electron chi connectivity index (χ4n) is 1.76. The first-order chi connectivity index (χ1) is 8.66. The second-order valence-electron chi connectivity index (χ2n) is 4.11. The van der Waals surface area contributed by atoms with Crippen LogP contribution in [0.25, 0.3) is 0 Å². The van der Waals surface area contributed by atoms with Crippen LogP contribution in [0.1, 0.15) is 10.4 Å². The Bertz CT molecular complexity index is 430. The summed E-state index contributed by atoms with van der Waals surface area (Å²) in [6.07, 6.45) is -0.0675. The molecule has 6 heteroatoms. The quantitative estimate of drug-likeness (QED) is 0.560. The molecule has 1 aliphatic rings. The van der Waals surface area contributed by atoms with Gasteiger partial charge in [0, 0.05) is 19.6 Å². The first kappa shape index (κ1) is 12.7. The van der Waals surface area contributed by atoms with E-state index >= 15 is 0 Å². The van der Waals surface area contributed by atoms with Crippen LogP contribution in [0.15, 0.2) is 18.2 Å². The molecule has 18 heavy (non-hydrogen) atoms. The molecule has 1 atom stereocenters. The predicted molar refractivity (Wildman–Crippen MR) is 64.7 cm³/mol. The van der Waals surface area contributed by atoms with Gasteiger partial charge in [-0.3, -0.25) is 4.79 Å². The molecule has 4 N–H and O–H groups in total. The molecule has 0 aromatic heterocycles. The van der Waals surface area contributed by atoms with Gasteiger partial charge < -0.3 is 25.6 Å². The van der Waals surface area contributed by atoms with Gasteiger partial charge in [0.25, 0.3) is 5.91 Å². The number of hydrogen-bond acceptors (Lipinski definition) is 5. The summed E-state index contributed by atoms with van der Waals surface area (Å²) in [6.45, 7) is 2.49. The summed E-state index contributed by atoms with van der Waals surface area (Å²) in [5, 5.41) is 24.6. The average molecular weight is 252 g/mol. The van der Waals surface area contributed by atoms with E-state index in [-0.39, 0.29) is 23.2 Å². The van der Waals surface area contributed by atoms with E-state index in [9.17, 15) is 15.0 Å². The molecule has 0 saturated carbocycles. The summed E-state index contributed by atoms with van der Waals surface area (Å²) in [5.74, 6) is -0.654. The first-order valence-corrected chi connectivity index (χ1v) is 5.79.